The van der Waals surface area contributed by atoms with E-state index >= 15 is 0 Å². The van der Waals surface area contributed by atoms with Crippen LogP contribution in [0.15, 0.2) is 97.2 Å². The van der Waals surface area contributed by atoms with Crippen LogP contribution in [0.4, 0.5) is 0 Å². The van der Waals surface area contributed by atoms with Crippen molar-refractivity contribution in [3.8, 4) is 0 Å². The minimum Gasteiger partial charge on any atom is -0.462 e. The van der Waals surface area contributed by atoms with E-state index in [1.165, 1.54) is 193 Å². The number of esters is 3. The van der Waals surface area contributed by atoms with Gasteiger partial charge in [0.25, 0.3) is 0 Å². The Balaban J connectivity index is 4.26. The zero-order valence-corrected chi connectivity index (χ0v) is 54.9. The van der Waals surface area contributed by atoms with Gasteiger partial charge in [-0.15, -0.1) is 0 Å². The largest absolute Gasteiger partial charge is 0.462 e. The fourth-order valence-corrected chi connectivity index (χ4v) is 10.2. The van der Waals surface area contributed by atoms with Crippen molar-refractivity contribution >= 4 is 17.9 Å². The molecule has 83 heavy (non-hydrogen) atoms. The van der Waals surface area contributed by atoms with E-state index in [0.29, 0.717) is 19.3 Å². The lowest BCUT2D eigenvalue weighted by atomic mass is 10.0. The van der Waals surface area contributed by atoms with Gasteiger partial charge in [-0.05, 0) is 103 Å². The lowest BCUT2D eigenvalue weighted by Gasteiger charge is -2.18. The number of ether oxygens (including phenoxy) is 3. The standard InChI is InChI=1S/C77H134O6/c1-4-7-10-13-16-19-22-24-26-28-30-32-34-36-38-40-42-44-46-48-50-52-55-58-61-64-67-70-76(79)82-73-74(72-81-75(78)69-66-63-60-57-54-21-18-15-12-9-6-3)83-77(80)71-68-65-62-59-56-53-51-49-47-45-43-41-39-37-35-33-31-29-27-25-23-20-17-14-11-8-5-2/h7,10,16,19,24,26,29-32,36,38,42,44,48,50,74H,4-6,8-9,11-15,17-18,20-23,25,27-28,33-35,37,39-41,43,45-47,49,51-73H2,1-3H3/b10-7-,19-16-,26-24-,31-29-,32-30-,38-36-,44-42-,50-48-. The van der Waals surface area contributed by atoms with Gasteiger partial charge in [0.15, 0.2) is 6.10 Å². The Morgan fingerprint density at radius 2 is 0.470 bits per heavy atom. The van der Waals surface area contributed by atoms with Crippen LogP contribution < -0.4 is 0 Å². The number of hydrogen-bond acceptors (Lipinski definition) is 6. The van der Waals surface area contributed by atoms with Crippen LogP contribution in [0.5, 0.6) is 0 Å². The first-order valence-corrected chi connectivity index (χ1v) is 35.7. The Kier molecular flexibility index (Phi) is 67.7. The molecule has 0 saturated carbocycles. The summed E-state index contributed by atoms with van der Waals surface area (Å²) in [6, 6.07) is 0. The highest BCUT2D eigenvalue weighted by Gasteiger charge is 2.19. The van der Waals surface area contributed by atoms with Crippen LogP contribution in [0, 0.1) is 0 Å². The molecule has 0 saturated heterocycles. The topological polar surface area (TPSA) is 78.9 Å². The summed E-state index contributed by atoms with van der Waals surface area (Å²) in [5.74, 6) is -0.885. The van der Waals surface area contributed by atoms with Gasteiger partial charge in [0.1, 0.15) is 13.2 Å². The Morgan fingerprint density at radius 3 is 0.747 bits per heavy atom. The Morgan fingerprint density at radius 1 is 0.253 bits per heavy atom. The fraction of sp³-hybridized carbons (Fsp3) is 0.753. The molecule has 1 unspecified atom stereocenters. The number of carbonyl (C=O) groups excluding carboxylic acids is 3. The van der Waals surface area contributed by atoms with Crippen molar-refractivity contribution in [2.24, 2.45) is 0 Å². The van der Waals surface area contributed by atoms with Crippen molar-refractivity contribution in [3.05, 3.63) is 97.2 Å². The molecule has 0 spiro atoms. The van der Waals surface area contributed by atoms with Crippen LogP contribution >= 0.6 is 0 Å². The Bertz CT molecular complexity index is 1610. The van der Waals surface area contributed by atoms with E-state index < -0.39 is 6.10 Å². The molecule has 0 fully saturated rings. The third kappa shape index (κ3) is 69.0. The highest BCUT2D eigenvalue weighted by atomic mass is 16.6. The van der Waals surface area contributed by atoms with E-state index in [1.54, 1.807) is 0 Å². The predicted octanol–water partition coefficient (Wildman–Crippen LogP) is 24.8. The lowest BCUT2D eigenvalue weighted by molar-refractivity contribution is -0.167. The number of rotatable bonds is 65. The molecule has 0 aliphatic rings. The molecular weight excluding hydrogens is 1020 g/mol. The summed E-state index contributed by atoms with van der Waals surface area (Å²) in [6.07, 6.45) is 95.8. The van der Waals surface area contributed by atoms with E-state index in [0.717, 1.165) is 122 Å². The van der Waals surface area contributed by atoms with Gasteiger partial charge in [-0.2, -0.15) is 0 Å². The van der Waals surface area contributed by atoms with Crippen LogP contribution in [-0.2, 0) is 28.6 Å². The average Bonchev–Trinajstić information content (AvgIpc) is 3.48. The zero-order valence-electron chi connectivity index (χ0n) is 54.9. The quantitative estimate of drug-likeness (QED) is 0.0261. The van der Waals surface area contributed by atoms with Crippen LogP contribution in [0.1, 0.15) is 355 Å². The lowest BCUT2D eigenvalue weighted by Crippen LogP contribution is -2.30. The third-order valence-electron chi connectivity index (χ3n) is 15.6. The molecule has 0 aromatic rings. The number of carbonyl (C=O) groups is 3. The molecule has 478 valence electrons. The molecule has 6 heteroatoms. The average molecular weight is 1160 g/mol. The van der Waals surface area contributed by atoms with Gasteiger partial charge in [-0.3, -0.25) is 14.4 Å². The molecule has 0 heterocycles. The van der Waals surface area contributed by atoms with Crippen molar-refractivity contribution in [3.63, 3.8) is 0 Å². The third-order valence-corrected chi connectivity index (χ3v) is 15.6. The summed E-state index contributed by atoms with van der Waals surface area (Å²) < 4.78 is 17.0. The summed E-state index contributed by atoms with van der Waals surface area (Å²) >= 11 is 0. The second-order valence-electron chi connectivity index (χ2n) is 23.8. The van der Waals surface area contributed by atoms with Crippen molar-refractivity contribution < 1.29 is 28.6 Å². The van der Waals surface area contributed by atoms with Crippen LogP contribution in [0.25, 0.3) is 0 Å². The normalized spacial score (nSPS) is 12.7. The molecule has 0 amide bonds. The van der Waals surface area contributed by atoms with Crippen LogP contribution in [0.2, 0.25) is 0 Å². The number of unbranched alkanes of at least 4 members (excludes halogenated alkanes) is 38. The molecule has 0 radical (unpaired) electrons. The van der Waals surface area contributed by atoms with E-state index in [2.05, 4.69) is 118 Å². The minimum atomic E-state index is -0.785. The van der Waals surface area contributed by atoms with Crippen molar-refractivity contribution in [2.75, 3.05) is 13.2 Å². The van der Waals surface area contributed by atoms with Gasteiger partial charge in [0.05, 0.1) is 0 Å². The molecule has 1 atom stereocenters. The predicted molar refractivity (Wildman–Crippen MR) is 362 cm³/mol. The first kappa shape index (κ1) is 79.3. The molecule has 0 aliphatic heterocycles. The summed E-state index contributed by atoms with van der Waals surface area (Å²) in [5, 5.41) is 0. The second kappa shape index (κ2) is 70.8. The molecule has 0 rings (SSSR count). The van der Waals surface area contributed by atoms with Gasteiger partial charge in [-0.25, -0.2) is 0 Å². The Hall–Kier alpha value is -3.67. The molecular formula is C77H134O6. The molecule has 6 nitrogen and oxygen atoms in total. The van der Waals surface area contributed by atoms with Gasteiger partial charge in [0, 0.05) is 19.3 Å². The monoisotopic (exact) mass is 1160 g/mol. The first-order valence-electron chi connectivity index (χ1n) is 35.7. The van der Waals surface area contributed by atoms with Crippen LogP contribution in [0.3, 0.4) is 0 Å². The van der Waals surface area contributed by atoms with Gasteiger partial charge < -0.3 is 14.2 Å². The van der Waals surface area contributed by atoms with E-state index in [-0.39, 0.29) is 31.1 Å². The maximum absolute atomic E-state index is 13.0. The first-order chi connectivity index (χ1) is 41.0. The molecule has 0 bridgehead atoms. The van der Waals surface area contributed by atoms with E-state index in [1.807, 2.05) is 0 Å². The summed E-state index contributed by atoms with van der Waals surface area (Å²) in [7, 11) is 0. The van der Waals surface area contributed by atoms with Gasteiger partial charge in [-0.1, -0.05) is 330 Å². The van der Waals surface area contributed by atoms with Gasteiger partial charge >= 0.3 is 17.9 Å². The van der Waals surface area contributed by atoms with Crippen molar-refractivity contribution in [2.45, 2.75) is 361 Å². The highest BCUT2D eigenvalue weighted by molar-refractivity contribution is 5.71. The Labute approximate surface area is 515 Å². The number of allylic oxidation sites excluding steroid dienone is 16. The second-order valence-corrected chi connectivity index (χ2v) is 23.8. The molecule has 0 aromatic carbocycles. The zero-order chi connectivity index (χ0) is 59.9. The molecule has 0 N–H and O–H groups in total. The van der Waals surface area contributed by atoms with E-state index in [9.17, 15) is 14.4 Å². The van der Waals surface area contributed by atoms with Crippen molar-refractivity contribution in [1.82, 2.24) is 0 Å². The highest BCUT2D eigenvalue weighted by Crippen LogP contribution is 2.17. The summed E-state index contributed by atoms with van der Waals surface area (Å²) in [5.41, 5.74) is 0. The molecule has 0 aliphatic carbocycles. The fourth-order valence-electron chi connectivity index (χ4n) is 10.2. The minimum absolute atomic E-state index is 0.0801. The number of hydrogen-bond donors (Lipinski definition) is 0. The van der Waals surface area contributed by atoms with Gasteiger partial charge in [0.2, 0.25) is 0 Å². The SMILES string of the molecule is CC/C=C\C/C=C\C/C=C\C/C=C\C/C=C\C/C=C\C/C=C\CCCCCCCC(=O)OCC(COC(=O)CCCCCCCCCCCCC)OC(=O)CCCCCCCCCCCCCCCCC/C=C\CCCCCCCCCC. The maximum atomic E-state index is 13.0. The van der Waals surface area contributed by atoms with Crippen molar-refractivity contribution in [1.29, 1.82) is 0 Å². The smallest absolute Gasteiger partial charge is 0.306 e. The summed E-state index contributed by atoms with van der Waals surface area (Å²) in [4.78, 5) is 38.4. The molecule has 0 aromatic heterocycles. The summed E-state index contributed by atoms with van der Waals surface area (Å²) in [6.45, 7) is 6.54. The van der Waals surface area contributed by atoms with Crippen LogP contribution in [-0.4, -0.2) is 37.2 Å². The van der Waals surface area contributed by atoms with E-state index in [4.69, 9.17) is 14.2 Å². The maximum Gasteiger partial charge on any atom is 0.306 e.